The second-order valence-corrected chi connectivity index (χ2v) is 5.27. The van der Waals surface area contributed by atoms with Crippen molar-refractivity contribution in [3.8, 4) is 0 Å². The van der Waals surface area contributed by atoms with Gasteiger partial charge in [0.2, 0.25) is 5.91 Å². The Hall–Kier alpha value is -0.710. The molecule has 0 aliphatic rings. The highest BCUT2D eigenvalue weighted by Crippen LogP contribution is 2.20. The molecule has 1 atom stereocenters. The van der Waals surface area contributed by atoms with Crippen LogP contribution in [0.1, 0.15) is 6.92 Å². The number of amides is 1. The van der Waals surface area contributed by atoms with Gasteiger partial charge in [-0.25, -0.2) is 0 Å². The van der Waals surface area contributed by atoms with Gasteiger partial charge in [0, 0.05) is 6.61 Å². The molecule has 94 valence electrons. The van der Waals surface area contributed by atoms with Gasteiger partial charge >= 0.3 is 0 Å². The lowest BCUT2D eigenvalue weighted by atomic mass is 10.2. The first-order valence-electron chi connectivity index (χ1n) is 5.36. The normalized spacial score (nSPS) is 12.2. The van der Waals surface area contributed by atoms with Crippen LogP contribution in [0.5, 0.6) is 0 Å². The van der Waals surface area contributed by atoms with Crippen molar-refractivity contribution in [2.75, 3.05) is 23.4 Å². The molecule has 0 aliphatic heterocycles. The van der Waals surface area contributed by atoms with Gasteiger partial charge in [0.15, 0.2) is 0 Å². The fraction of sp³-hybridized carbons (Fsp3) is 0.417. The lowest BCUT2D eigenvalue weighted by Gasteiger charge is -2.08. The predicted octanol–water partition coefficient (Wildman–Crippen LogP) is 2.64. The van der Waals surface area contributed by atoms with Crippen LogP contribution in [0.3, 0.4) is 0 Å². The average Bonchev–Trinajstić information content (AvgIpc) is 2.32. The zero-order valence-corrected chi connectivity index (χ0v) is 11.2. The zero-order chi connectivity index (χ0) is 12.7. The van der Waals surface area contributed by atoms with Crippen LogP contribution in [0.15, 0.2) is 24.3 Å². The summed E-state index contributed by atoms with van der Waals surface area (Å²) in [7, 11) is 0. The molecule has 3 nitrogen and oxygen atoms in total. The molecule has 1 rings (SSSR count). The number of benzene rings is 1. The van der Waals surface area contributed by atoms with Crippen LogP contribution in [-0.2, 0) is 4.79 Å². The molecule has 1 unspecified atom stereocenters. The van der Waals surface area contributed by atoms with Gasteiger partial charge in [-0.15, -0.1) is 0 Å². The number of nitrogens with one attached hydrogen (secondary N) is 1. The molecule has 0 spiro atoms. The van der Waals surface area contributed by atoms with Gasteiger partial charge in [0.05, 0.1) is 16.5 Å². The smallest absolute Gasteiger partial charge is 0.234 e. The minimum atomic E-state index is -0.0757. The second-order valence-electron chi connectivity index (χ2n) is 3.83. The standard InChI is InChI=1S/C12H16ClNO2S/c1-9(6-15)7-17-8-12(16)14-11-5-3-2-4-10(11)13/h2-5,9,15H,6-8H2,1H3,(H,14,16). The van der Waals surface area contributed by atoms with E-state index in [0.29, 0.717) is 16.5 Å². The number of aliphatic hydroxyl groups excluding tert-OH is 1. The molecule has 0 aromatic heterocycles. The maximum atomic E-state index is 11.6. The summed E-state index contributed by atoms with van der Waals surface area (Å²) in [6.07, 6.45) is 0. The number of rotatable bonds is 6. The third-order valence-electron chi connectivity index (χ3n) is 2.10. The molecule has 0 bridgehead atoms. The Morgan fingerprint density at radius 2 is 2.24 bits per heavy atom. The van der Waals surface area contributed by atoms with Crippen LogP contribution in [-0.4, -0.2) is 29.1 Å². The van der Waals surface area contributed by atoms with Crippen molar-refractivity contribution >= 4 is 35.0 Å². The molecule has 17 heavy (non-hydrogen) atoms. The van der Waals surface area contributed by atoms with Crippen molar-refractivity contribution in [2.45, 2.75) is 6.92 Å². The SMILES string of the molecule is CC(CO)CSCC(=O)Nc1ccccc1Cl. The van der Waals surface area contributed by atoms with E-state index in [1.165, 1.54) is 11.8 Å². The number of halogens is 1. The number of carbonyl (C=O) groups excluding carboxylic acids is 1. The minimum Gasteiger partial charge on any atom is -0.396 e. The molecule has 5 heteroatoms. The topological polar surface area (TPSA) is 49.3 Å². The average molecular weight is 274 g/mol. The van der Waals surface area contributed by atoms with E-state index in [-0.39, 0.29) is 18.4 Å². The number of carbonyl (C=O) groups is 1. The largest absolute Gasteiger partial charge is 0.396 e. The molecule has 0 saturated carbocycles. The Balaban J connectivity index is 2.33. The first kappa shape index (κ1) is 14.4. The Morgan fingerprint density at radius 1 is 1.53 bits per heavy atom. The van der Waals surface area contributed by atoms with Gasteiger partial charge < -0.3 is 10.4 Å². The third-order valence-corrected chi connectivity index (χ3v) is 3.70. The Morgan fingerprint density at radius 3 is 2.88 bits per heavy atom. The molecule has 1 aromatic rings. The van der Waals surface area contributed by atoms with Crippen LogP contribution < -0.4 is 5.32 Å². The minimum absolute atomic E-state index is 0.0757. The van der Waals surface area contributed by atoms with Crippen LogP contribution in [0.25, 0.3) is 0 Å². The summed E-state index contributed by atoms with van der Waals surface area (Å²) < 4.78 is 0. The summed E-state index contributed by atoms with van der Waals surface area (Å²) in [5.41, 5.74) is 0.634. The van der Waals surface area contributed by atoms with E-state index in [0.717, 1.165) is 5.75 Å². The van der Waals surface area contributed by atoms with Crippen LogP contribution in [0.4, 0.5) is 5.69 Å². The van der Waals surface area contributed by atoms with Crippen LogP contribution in [0.2, 0.25) is 5.02 Å². The summed E-state index contributed by atoms with van der Waals surface area (Å²) in [6, 6.07) is 7.14. The quantitative estimate of drug-likeness (QED) is 0.838. The number of anilines is 1. The lowest BCUT2D eigenvalue weighted by Crippen LogP contribution is -2.15. The highest BCUT2D eigenvalue weighted by molar-refractivity contribution is 7.99. The summed E-state index contributed by atoms with van der Waals surface area (Å²) in [4.78, 5) is 11.6. The van der Waals surface area contributed by atoms with Gasteiger partial charge in [0.1, 0.15) is 0 Å². The van der Waals surface area contributed by atoms with Crippen molar-refractivity contribution in [1.82, 2.24) is 0 Å². The molecule has 1 amide bonds. The first-order valence-corrected chi connectivity index (χ1v) is 6.89. The van der Waals surface area contributed by atoms with E-state index in [9.17, 15) is 4.79 Å². The van der Waals surface area contributed by atoms with Crippen molar-refractivity contribution in [1.29, 1.82) is 0 Å². The van der Waals surface area contributed by atoms with Crippen molar-refractivity contribution in [3.63, 3.8) is 0 Å². The monoisotopic (exact) mass is 273 g/mol. The number of thioether (sulfide) groups is 1. The van der Waals surface area contributed by atoms with Gasteiger partial charge in [0.25, 0.3) is 0 Å². The summed E-state index contributed by atoms with van der Waals surface area (Å²) in [5.74, 6) is 1.28. The van der Waals surface area contributed by atoms with Crippen molar-refractivity contribution in [2.24, 2.45) is 5.92 Å². The summed E-state index contributed by atoms with van der Waals surface area (Å²) in [5, 5.41) is 12.1. The highest BCUT2D eigenvalue weighted by Gasteiger charge is 2.06. The zero-order valence-electron chi connectivity index (χ0n) is 9.65. The second kappa shape index (κ2) is 7.58. The van der Waals surface area contributed by atoms with Gasteiger partial charge in [-0.1, -0.05) is 30.7 Å². The van der Waals surface area contributed by atoms with E-state index in [2.05, 4.69) is 5.32 Å². The molecule has 0 fully saturated rings. The van der Waals surface area contributed by atoms with E-state index >= 15 is 0 Å². The van der Waals surface area contributed by atoms with Gasteiger partial charge in [-0.3, -0.25) is 4.79 Å². The number of aliphatic hydroxyl groups is 1. The summed E-state index contributed by atoms with van der Waals surface area (Å²) >= 11 is 7.42. The number of hydrogen-bond donors (Lipinski definition) is 2. The maximum Gasteiger partial charge on any atom is 0.234 e. The van der Waals surface area contributed by atoms with Crippen LogP contribution in [0, 0.1) is 5.92 Å². The Labute approximate surface area is 111 Å². The van der Waals surface area contributed by atoms with E-state index < -0.39 is 0 Å². The summed E-state index contributed by atoms with van der Waals surface area (Å²) in [6.45, 7) is 2.10. The molecule has 2 N–H and O–H groups in total. The molecule has 0 heterocycles. The first-order chi connectivity index (χ1) is 8.13. The Bertz CT molecular complexity index is 373. The van der Waals surface area contributed by atoms with E-state index in [1.54, 1.807) is 12.1 Å². The number of para-hydroxylation sites is 1. The molecular weight excluding hydrogens is 258 g/mol. The third kappa shape index (κ3) is 5.44. The highest BCUT2D eigenvalue weighted by atomic mass is 35.5. The molecule has 0 saturated heterocycles. The Kier molecular flexibility index (Phi) is 6.40. The lowest BCUT2D eigenvalue weighted by molar-refractivity contribution is -0.113. The van der Waals surface area contributed by atoms with Crippen molar-refractivity contribution < 1.29 is 9.90 Å². The maximum absolute atomic E-state index is 11.6. The van der Waals surface area contributed by atoms with E-state index in [1.807, 2.05) is 19.1 Å². The van der Waals surface area contributed by atoms with Crippen molar-refractivity contribution in [3.05, 3.63) is 29.3 Å². The van der Waals surface area contributed by atoms with Crippen LogP contribution >= 0.6 is 23.4 Å². The molecular formula is C12H16ClNO2S. The number of hydrogen-bond acceptors (Lipinski definition) is 3. The molecule has 0 aliphatic carbocycles. The fourth-order valence-corrected chi connectivity index (χ4v) is 2.22. The predicted molar refractivity (Wildman–Crippen MR) is 73.7 cm³/mol. The van der Waals surface area contributed by atoms with E-state index in [4.69, 9.17) is 16.7 Å². The molecule has 0 radical (unpaired) electrons. The molecule has 1 aromatic carbocycles. The van der Waals surface area contributed by atoms with Gasteiger partial charge in [-0.05, 0) is 23.8 Å². The fourth-order valence-electron chi connectivity index (χ4n) is 1.15. The van der Waals surface area contributed by atoms with Gasteiger partial charge in [-0.2, -0.15) is 11.8 Å².